The van der Waals surface area contributed by atoms with Crippen molar-refractivity contribution >= 4 is 29.2 Å². The van der Waals surface area contributed by atoms with Gasteiger partial charge >= 0.3 is 5.97 Å². The molecule has 2 aromatic carbocycles. The molecule has 0 radical (unpaired) electrons. The van der Waals surface area contributed by atoms with E-state index in [0.29, 0.717) is 23.3 Å². The van der Waals surface area contributed by atoms with Crippen LogP contribution in [0.15, 0.2) is 30.3 Å². The van der Waals surface area contributed by atoms with Gasteiger partial charge in [-0.05, 0) is 42.3 Å². The van der Waals surface area contributed by atoms with Crippen LogP contribution in [0.1, 0.15) is 5.56 Å². The van der Waals surface area contributed by atoms with E-state index in [1.807, 2.05) is 5.32 Å². The van der Waals surface area contributed by atoms with Crippen molar-refractivity contribution in [2.45, 2.75) is 6.42 Å². The molecule has 0 saturated heterocycles. The van der Waals surface area contributed by atoms with Gasteiger partial charge in [0.05, 0.1) is 11.6 Å². The highest BCUT2D eigenvalue weighted by Gasteiger charge is 2.28. The van der Waals surface area contributed by atoms with E-state index in [-0.39, 0.29) is 6.61 Å². The van der Waals surface area contributed by atoms with E-state index in [4.69, 9.17) is 21.1 Å². The van der Waals surface area contributed by atoms with Crippen LogP contribution in [-0.4, -0.2) is 25.1 Å². The van der Waals surface area contributed by atoms with Gasteiger partial charge in [-0.1, -0.05) is 11.6 Å². The molecule has 0 aliphatic carbocycles. The number of amides is 1. The van der Waals surface area contributed by atoms with Gasteiger partial charge in [0.1, 0.15) is 12.4 Å². The first-order chi connectivity index (χ1) is 12.8. The van der Waals surface area contributed by atoms with Crippen LogP contribution >= 0.6 is 11.6 Å². The Kier molecular flexibility index (Phi) is 5.55. The van der Waals surface area contributed by atoms with Crippen molar-refractivity contribution in [1.29, 1.82) is 0 Å². The fourth-order valence-electron chi connectivity index (χ4n) is 2.58. The van der Waals surface area contributed by atoms with Crippen LogP contribution in [-0.2, 0) is 20.7 Å². The van der Waals surface area contributed by atoms with Crippen LogP contribution < -0.4 is 10.1 Å². The number of halogens is 4. The number of anilines is 1. The minimum Gasteiger partial charge on any atom is -0.492 e. The Morgan fingerprint density at radius 1 is 1.19 bits per heavy atom. The second-order valence-corrected chi connectivity index (χ2v) is 6.28. The molecule has 27 heavy (non-hydrogen) atoms. The first-order valence-corrected chi connectivity index (χ1v) is 8.24. The number of carbonyl (C=O) groups is 2. The summed E-state index contributed by atoms with van der Waals surface area (Å²) in [5.41, 5.74) is 0.184. The second kappa shape index (κ2) is 7.87. The van der Waals surface area contributed by atoms with Crippen molar-refractivity contribution < 1.29 is 32.2 Å². The van der Waals surface area contributed by atoms with Crippen molar-refractivity contribution in [2.24, 2.45) is 5.92 Å². The summed E-state index contributed by atoms with van der Waals surface area (Å²) in [7, 11) is 0. The quantitative estimate of drug-likeness (QED) is 0.631. The van der Waals surface area contributed by atoms with Gasteiger partial charge in [-0.15, -0.1) is 0 Å². The normalized spacial score (nSPS) is 15.5. The van der Waals surface area contributed by atoms with Crippen LogP contribution in [0.5, 0.6) is 5.75 Å². The summed E-state index contributed by atoms with van der Waals surface area (Å²) in [6.07, 6.45) is 0.328. The van der Waals surface area contributed by atoms with E-state index in [2.05, 4.69) is 0 Å². The van der Waals surface area contributed by atoms with Crippen molar-refractivity contribution in [3.05, 3.63) is 58.4 Å². The summed E-state index contributed by atoms with van der Waals surface area (Å²) in [5.74, 6) is -6.21. The molecular weight excluding hydrogens is 387 g/mol. The predicted octanol–water partition coefficient (Wildman–Crippen LogP) is 3.49. The van der Waals surface area contributed by atoms with E-state index in [9.17, 15) is 22.8 Å². The van der Waals surface area contributed by atoms with E-state index < -0.39 is 47.5 Å². The lowest BCUT2D eigenvalue weighted by Crippen LogP contribution is -2.32. The highest BCUT2D eigenvalue weighted by molar-refractivity contribution is 6.30. The molecule has 2 aromatic rings. The Balaban J connectivity index is 1.55. The average molecular weight is 400 g/mol. The monoisotopic (exact) mass is 399 g/mol. The molecule has 1 N–H and O–H groups in total. The molecule has 0 spiro atoms. The van der Waals surface area contributed by atoms with Gasteiger partial charge in [-0.3, -0.25) is 9.59 Å². The van der Waals surface area contributed by atoms with E-state index >= 15 is 0 Å². The minimum atomic E-state index is -1.71. The van der Waals surface area contributed by atoms with Gasteiger partial charge in [0.2, 0.25) is 0 Å². The second-order valence-electron chi connectivity index (χ2n) is 5.84. The molecule has 3 rings (SSSR count). The fraction of sp³-hybridized carbons (Fsp3) is 0.222. The molecule has 0 fully saturated rings. The molecule has 1 aliphatic rings. The van der Waals surface area contributed by atoms with E-state index in [1.165, 1.54) is 0 Å². The van der Waals surface area contributed by atoms with Gasteiger partial charge in [-0.2, -0.15) is 0 Å². The lowest BCUT2D eigenvalue weighted by atomic mass is 9.97. The molecule has 5 nitrogen and oxygen atoms in total. The molecule has 9 heteroatoms. The number of fused-ring (bicyclic) bond motifs is 1. The average Bonchev–Trinajstić information content (AvgIpc) is 2.66. The molecule has 0 bridgehead atoms. The largest absolute Gasteiger partial charge is 0.492 e. The molecule has 1 heterocycles. The Hall–Kier alpha value is -2.74. The number of carbonyl (C=O) groups excluding carboxylic acids is 2. The van der Waals surface area contributed by atoms with E-state index in [1.54, 1.807) is 18.2 Å². The molecule has 0 aromatic heterocycles. The Morgan fingerprint density at radius 2 is 1.96 bits per heavy atom. The number of hydrogen-bond acceptors (Lipinski definition) is 4. The molecule has 1 amide bonds. The Morgan fingerprint density at radius 3 is 2.74 bits per heavy atom. The minimum absolute atomic E-state index is 0.0763. The number of rotatable bonds is 4. The summed E-state index contributed by atoms with van der Waals surface area (Å²) in [4.78, 5) is 23.9. The maximum absolute atomic E-state index is 13.5. The highest BCUT2D eigenvalue weighted by atomic mass is 35.5. The Bertz CT molecular complexity index is 906. The van der Waals surface area contributed by atoms with Gasteiger partial charge in [-0.25, -0.2) is 13.2 Å². The van der Waals surface area contributed by atoms with Crippen LogP contribution in [0.3, 0.4) is 0 Å². The molecule has 1 atom stereocenters. The zero-order valence-electron chi connectivity index (χ0n) is 13.7. The van der Waals surface area contributed by atoms with Crippen molar-refractivity contribution in [2.75, 3.05) is 18.5 Å². The molecule has 0 unspecified atom stereocenters. The first kappa shape index (κ1) is 19.0. The summed E-state index contributed by atoms with van der Waals surface area (Å²) in [6, 6.07) is 6.57. The lowest BCUT2D eigenvalue weighted by molar-refractivity contribution is -0.152. The number of nitrogens with one attached hydrogen (secondary N) is 1. The zero-order chi connectivity index (χ0) is 19.6. The highest BCUT2D eigenvalue weighted by Crippen LogP contribution is 2.30. The van der Waals surface area contributed by atoms with Crippen LogP contribution in [0.2, 0.25) is 5.02 Å². The number of ether oxygens (including phenoxy) is 2. The van der Waals surface area contributed by atoms with Gasteiger partial charge in [0.25, 0.3) is 5.91 Å². The molecule has 142 valence electrons. The standard InChI is InChI=1S/C18H13ClF3NO4/c19-11-1-4-14-9(6-11)5-10(7-26-14)18(25)27-8-15(24)23-13-3-2-12(20)16(21)17(13)22/h1-4,6,10H,5,7-8H2,(H,23,24)/t10-/m1/s1. The van der Waals surface area contributed by atoms with Gasteiger partial charge < -0.3 is 14.8 Å². The van der Waals surface area contributed by atoms with Gasteiger partial charge in [0, 0.05) is 5.02 Å². The van der Waals surface area contributed by atoms with Crippen molar-refractivity contribution in [1.82, 2.24) is 0 Å². The smallest absolute Gasteiger partial charge is 0.313 e. The summed E-state index contributed by atoms with van der Waals surface area (Å²) in [5, 5.41) is 2.51. The third-order valence-electron chi connectivity index (χ3n) is 3.92. The SMILES string of the molecule is O=C(COC(=O)[C@H]1COc2ccc(Cl)cc2C1)Nc1ccc(F)c(F)c1F. The zero-order valence-corrected chi connectivity index (χ0v) is 14.5. The van der Waals surface area contributed by atoms with Crippen molar-refractivity contribution in [3.8, 4) is 5.75 Å². The van der Waals surface area contributed by atoms with Crippen LogP contribution in [0, 0.1) is 23.4 Å². The van der Waals surface area contributed by atoms with Crippen LogP contribution in [0.4, 0.5) is 18.9 Å². The van der Waals surface area contributed by atoms with Gasteiger partial charge in [0.15, 0.2) is 24.1 Å². The molecule has 1 aliphatic heterocycles. The van der Waals surface area contributed by atoms with Crippen LogP contribution in [0.25, 0.3) is 0 Å². The molecule has 0 saturated carbocycles. The third kappa shape index (κ3) is 4.33. The number of benzene rings is 2. The third-order valence-corrected chi connectivity index (χ3v) is 4.15. The Labute approximate surface area is 157 Å². The lowest BCUT2D eigenvalue weighted by Gasteiger charge is -2.24. The predicted molar refractivity (Wildman–Crippen MR) is 90.0 cm³/mol. The van der Waals surface area contributed by atoms with E-state index in [0.717, 1.165) is 11.6 Å². The summed E-state index contributed by atoms with van der Waals surface area (Å²) >= 11 is 5.91. The first-order valence-electron chi connectivity index (χ1n) is 7.86. The topological polar surface area (TPSA) is 64.6 Å². The fourth-order valence-corrected chi connectivity index (χ4v) is 2.77. The summed E-state index contributed by atoms with van der Waals surface area (Å²) < 4.78 is 49.9. The number of esters is 1. The number of hydrogen-bond donors (Lipinski definition) is 1. The maximum Gasteiger partial charge on any atom is 0.313 e. The molecular formula is C18H13ClF3NO4. The summed E-state index contributed by atoms with van der Waals surface area (Å²) in [6.45, 7) is -0.636. The maximum atomic E-state index is 13.5. The van der Waals surface area contributed by atoms with Crippen molar-refractivity contribution in [3.63, 3.8) is 0 Å².